The molecule has 3 aliphatic rings. The van der Waals surface area contributed by atoms with Crippen LogP contribution in [-0.2, 0) is 30.7 Å². The minimum Gasteiger partial charge on any atom is -0.497 e. The first-order valence-corrected chi connectivity index (χ1v) is 12.8. The molecule has 0 aromatic heterocycles. The molecule has 3 aliphatic heterocycles. The molecule has 0 radical (unpaired) electrons. The molecule has 2 atom stereocenters. The lowest BCUT2D eigenvalue weighted by atomic mass is 9.82. The van der Waals surface area contributed by atoms with E-state index in [0.717, 1.165) is 56.9 Å². The lowest BCUT2D eigenvalue weighted by molar-refractivity contribution is -0.137. The van der Waals surface area contributed by atoms with Crippen molar-refractivity contribution in [2.75, 3.05) is 38.2 Å². The summed E-state index contributed by atoms with van der Waals surface area (Å²) in [5.41, 5.74) is 6.12. The Morgan fingerprint density at radius 1 is 0.972 bits per heavy atom. The number of amides is 1. The maximum atomic E-state index is 14.1. The Labute approximate surface area is 212 Å². The molecule has 1 amide bonds. The lowest BCUT2D eigenvalue weighted by Crippen LogP contribution is -2.61. The van der Waals surface area contributed by atoms with Crippen molar-refractivity contribution in [1.82, 2.24) is 9.80 Å². The molecule has 6 heteroatoms. The van der Waals surface area contributed by atoms with Crippen LogP contribution in [0, 0.1) is 11.7 Å². The van der Waals surface area contributed by atoms with Gasteiger partial charge < -0.3 is 14.5 Å². The van der Waals surface area contributed by atoms with Gasteiger partial charge in [0.05, 0.1) is 19.1 Å². The number of ether oxygens (including phenoxy) is 1. The van der Waals surface area contributed by atoms with Crippen LogP contribution in [0.25, 0.3) is 0 Å². The van der Waals surface area contributed by atoms with Gasteiger partial charge in [-0.1, -0.05) is 42.5 Å². The van der Waals surface area contributed by atoms with Crippen LogP contribution in [-0.4, -0.2) is 55.0 Å². The third-order valence-corrected chi connectivity index (χ3v) is 8.09. The van der Waals surface area contributed by atoms with Crippen LogP contribution in [0.2, 0.25) is 0 Å². The smallest absolute Gasteiger partial charge is 0.228 e. The van der Waals surface area contributed by atoms with Gasteiger partial charge in [-0.25, -0.2) is 4.39 Å². The molecule has 1 saturated heterocycles. The van der Waals surface area contributed by atoms with E-state index < -0.39 is 0 Å². The average Bonchev–Trinajstić information content (AvgIpc) is 2.92. The zero-order valence-electron chi connectivity index (χ0n) is 20.7. The standard InChI is InChI=1S/C30H32FN3O2/c1-36-26-11-8-23-16-27(30(35)33-13-12-22-4-2-3-5-24(22)19-33)29-20-32(14-15-34(29)28(23)17-26)18-21-6-9-25(31)10-7-21/h2-11,17,27,29H,12-16,18-20H2,1H3. The van der Waals surface area contributed by atoms with Crippen LogP contribution in [0.15, 0.2) is 66.7 Å². The molecule has 3 aromatic rings. The molecule has 5 nitrogen and oxygen atoms in total. The van der Waals surface area contributed by atoms with Gasteiger partial charge >= 0.3 is 0 Å². The molecule has 1 fully saturated rings. The van der Waals surface area contributed by atoms with E-state index in [-0.39, 0.29) is 23.7 Å². The molecular formula is C30H32FN3O2. The molecule has 6 rings (SSSR count). The van der Waals surface area contributed by atoms with Crippen LogP contribution >= 0.6 is 0 Å². The fourth-order valence-corrected chi connectivity index (χ4v) is 6.16. The van der Waals surface area contributed by atoms with E-state index >= 15 is 0 Å². The Morgan fingerprint density at radius 2 is 1.78 bits per heavy atom. The van der Waals surface area contributed by atoms with Gasteiger partial charge in [0.1, 0.15) is 11.6 Å². The summed E-state index contributed by atoms with van der Waals surface area (Å²) in [4.78, 5) is 21.0. The number of hydrogen-bond donors (Lipinski definition) is 0. The summed E-state index contributed by atoms with van der Waals surface area (Å²) >= 11 is 0. The summed E-state index contributed by atoms with van der Waals surface area (Å²) in [6.45, 7) is 4.75. The number of benzene rings is 3. The Morgan fingerprint density at radius 3 is 2.58 bits per heavy atom. The second-order valence-electron chi connectivity index (χ2n) is 10.2. The summed E-state index contributed by atoms with van der Waals surface area (Å²) in [5, 5.41) is 0. The SMILES string of the molecule is COc1ccc2c(c1)N1CCN(Cc3ccc(F)cc3)CC1C(C(=O)N1CCc3ccccc3C1)C2. The number of fused-ring (bicyclic) bond motifs is 4. The third-order valence-electron chi connectivity index (χ3n) is 8.09. The minimum absolute atomic E-state index is 0.0866. The number of carbonyl (C=O) groups excluding carboxylic acids is 1. The van der Waals surface area contributed by atoms with Crippen molar-refractivity contribution in [3.8, 4) is 5.75 Å². The maximum Gasteiger partial charge on any atom is 0.228 e. The van der Waals surface area contributed by atoms with E-state index in [1.54, 1.807) is 7.11 Å². The molecule has 3 heterocycles. The highest BCUT2D eigenvalue weighted by Crippen LogP contribution is 2.39. The van der Waals surface area contributed by atoms with Crippen molar-refractivity contribution in [3.05, 3.63) is 94.8 Å². The van der Waals surface area contributed by atoms with E-state index in [2.05, 4.69) is 51.1 Å². The van der Waals surface area contributed by atoms with Crippen LogP contribution in [0.4, 0.5) is 10.1 Å². The zero-order chi connectivity index (χ0) is 24.6. The topological polar surface area (TPSA) is 36.0 Å². The Balaban J connectivity index is 1.28. The number of piperazine rings is 1. The van der Waals surface area contributed by atoms with E-state index in [4.69, 9.17) is 4.74 Å². The Bertz CT molecular complexity index is 1260. The summed E-state index contributed by atoms with van der Waals surface area (Å²) in [6.07, 6.45) is 1.65. The highest BCUT2D eigenvalue weighted by molar-refractivity contribution is 5.82. The molecule has 0 N–H and O–H groups in total. The summed E-state index contributed by atoms with van der Waals surface area (Å²) in [6, 6.07) is 21.6. The van der Waals surface area contributed by atoms with Gasteiger partial charge in [0.15, 0.2) is 0 Å². The van der Waals surface area contributed by atoms with Gasteiger partial charge in [-0.05, 0) is 53.3 Å². The first kappa shape index (κ1) is 23.0. The van der Waals surface area contributed by atoms with Gasteiger partial charge in [-0.15, -0.1) is 0 Å². The predicted molar refractivity (Wildman–Crippen MR) is 139 cm³/mol. The van der Waals surface area contributed by atoms with Crippen molar-refractivity contribution in [2.24, 2.45) is 5.92 Å². The van der Waals surface area contributed by atoms with Gasteiger partial charge in [0, 0.05) is 51.0 Å². The second kappa shape index (κ2) is 9.58. The fraction of sp³-hybridized carbons (Fsp3) is 0.367. The van der Waals surface area contributed by atoms with Crippen molar-refractivity contribution in [1.29, 1.82) is 0 Å². The number of carbonyl (C=O) groups is 1. The molecule has 0 saturated carbocycles. The van der Waals surface area contributed by atoms with E-state index in [1.165, 1.54) is 34.5 Å². The minimum atomic E-state index is -0.213. The summed E-state index contributed by atoms with van der Waals surface area (Å²) < 4.78 is 19.0. The van der Waals surface area contributed by atoms with Crippen LogP contribution in [0.5, 0.6) is 5.75 Å². The van der Waals surface area contributed by atoms with E-state index in [1.807, 2.05) is 18.2 Å². The normalized spacial score (nSPS) is 21.4. The van der Waals surface area contributed by atoms with Gasteiger partial charge in [0.25, 0.3) is 0 Å². The molecule has 186 valence electrons. The number of hydrogen-bond acceptors (Lipinski definition) is 4. The Hall–Kier alpha value is -3.38. The van der Waals surface area contributed by atoms with E-state index in [0.29, 0.717) is 6.54 Å². The molecule has 3 aromatic carbocycles. The largest absolute Gasteiger partial charge is 0.497 e. The number of methoxy groups -OCH3 is 1. The lowest BCUT2D eigenvalue weighted by Gasteiger charge is -2.50. The zero-order valence-corrected chi connectivity index (χ0v) is 20.7. The van der Waals surface area contributed by atoms with Crippen LogP contribution in [0.3, 0.4) is 0 Å². The number of anilines is 1. The highest BCUT2D eigenvalue weighted by atomic mass is 19.1. The Kier molecular flexibility index (Phi) is 6.13. The second-order valence-corrected chi connectivity index (χ2v) is 10.2. The third kappa shape index (κ3) is 4.35. The number of nitrogens with zero attached hydrogens (tertiary/aromatic N) is 3. The van der Waals surface area contributed by atoms with Gasteiger partial charge in [-0.2, -0.15) is 0 Å². The summed E-state index contributed by atoms with van der Waals surface area (Å²) in [5.74, 6) is 0.783. The molecule has 36 heavy (non-hydrogen) atoms. The highest BCUT2D eigenvalue weighted by Gasteiger charge is 2.43. The van der Waals surface area contributed by atoms with Gasteiger partial charge in [-0.3, -0.25) is 9.69 Å². The van der Waals surface area contributed by atoms with Crippen LogP contribution in [0.1, 0.15) is 22.3 Å². The van der Waals surface area contributed by atoms with Crippen LogP contribution < -0.4 is 9.64 Å². The molecule has 0 aliphatic carbocycles. The fourth-order valence-electron chi connectivity index (χ4n) is 6.16. The van der Waals surface area contributed by atoms with Gasteiger partial charge in [0.2, 0.25) is 5.91 Å². The first-order chi connectivity index (χ1) is 17.6. The van der Waals surface area contributed by atoms with Crippen molar-refractivity contribution in [2.45, 2.75) is 32.0 Å². The van der Waals surface area contributed by atoms with Crippen molar-refractivity contribution < 1.29 is 13.9 Å². The van der Waals surface area contributed by atoms with Crippen molar-refractivity contribution >= 4 is 11.6 Å². The molecule has 0 bridgehead atoms. The number of halogens is 1. The molecular weight excluding hydrogens is 453 g/mol. The van der Waals surface area contributed by atoms with Crippen molar-refractivity contribution in [3.63, 3.8) is 0 Å². The maximum absolute atomic E-state index is 14.1. The summed E-state index contributed by atoms with van der Waals surface area (Å²) in [7, 11) is 1.70. The molecule has 2 unspecified atom stereocenters. The monoisotopic (exact) mass is 485 g/mol. The predicted octanol–water partition coefficient (Wildman–Crippen LogP) is 4.28. The first-order valence-electron chi connectivity index (χ1n) is 12.8. The number of rotatable bonds is 4. The average molecular weight is 486 g/mol. The molecule has 0 spiro atoms. The van der Waals surface area contributed by atoms with E-state index in [9.17, 15) is 9.18 Å². The quantitative estimate of drug-likeness (QED) is 0.553.